The molecule has 0 fully saturated rings. The van der Waals surface area contributed by atoms with Crippen molar-refractivity contribution < 1.29 is 14.1 Å². The second-order valence-electron chi connectivity index (χ2n) is 3.40. The molecule has 1 aromatic carbocycles. The molecule has 0 spiro atoms. The first kappa shape index (κ1) is 13.7. The number of hydrogen-bond acceptors (Lipinski definition) is 4. The van der Waals surface area contributed by atoms with Crippen molar-refractivity contribution in [1.82, 2.24) is 4.98 Å². The van der Waals surface area contributed by atoms with Crippen LogP contribution in [0.15, 0.2) is 35.1 Å². The maximum Gasteiger partial charge on any atom is 0.331 e. The molecular weight excluding hydrogens is 342 g/mol. The lowest BCUT2D eigenvalue weighted by Gasteiger charge is -2.08. The molecule has 1 heterocycles. The third kappa shape index (κ3) is 2.99. The molecule has 0 saturated heterocycles. The van der Waals surface area contributed by atoms with E-state index < -0.39 is 10.7 Å². The first-order valence-electron chi connectivity index (χ1n) is 4.90. The summed E-state index contributed by atoms with van der Waals surface area (Å²) in [6.45, 7) is 0. The molecule has 5 nitrogen and oxygen atoms in total. The van der Waals surface area contributed by atoms with Crippen LogP contribution in [-0.4, -0.2) is 9.91 Å². The SMILES string of the molecule is O=[N+]([O-])c1cncc(Cl)c1Oc1ccc(F)c(Br)c1. The summed E-state index contributed by atoms with van der Waals surface area (Å²) < 4.78 is 18.6. The van der Waals surface area contributed by atoms with Crippen molar-refractivity contribution in [1.29, 1.82) is 0 Å². The van der Waals surface area contributed by atoms with Crippen LogP contribution in [0.25, 0.3) is 0 Å². The summed E-state index contributed by atoms with van der Waals surface area (Å²) >= 11 is 8.81. The molecule has 2 rings (SSSR count). The zero-order valence-corrected chi connectivity index (χ0v) is 11.5. The van der Waals surface area contributed by atoms with Crippen molar-refractivity contribution in [2.45, 2.75) is 0 Å². The molecule has 2 aromatic rings. The van der Waals surface area contributed by atoms with Crippen molar-refractivity contribution in [3.63, 3.8) is 0 Å². The Kier molecular flexibility index (Phi) is 3.96. The smallest absolute Gasteiger partial charge is 0.331 e. The highest BCUT2D eigenvalue weighted by Crippen LogP contribution is 2.37. The van der Waals surface area contributed by atoms with Gasteiger partial charge < -0.3 is 4.74 Å². The third-order valence-electron chi connectivity index (χ3n) is 2.14. The average molecular weight is 348 g/mol. The van der Waals surface area contributed by atoms with E-state index in [0.29, 0.717) is 0 Å². The minimum atomic E-state index is -0.660. The van der Waals surface area contributed by atoms with Crippen molar-refractivity contribution >= 4 is 33.2 Å². The highest BCUT2D eigenvalue weighted by molar-refractivity contribution is 9.10. The maximum absolute atomic E-state index is 13.1. The topological polar surface area (TPSA) is 65.3 Å². The van der Waals surface area contributed by atoms with Gasteiger partial charge in [0, 0.05) is 6.20 Å². The molecule has 8 heteroatoms. The molecule has 19 heavy (non-hydrogen) atoms. The van der Waals surface area contributed by atoms with Crippen molar-refractivity contribution in [2.24, 2.45) is 0 Å². The van der Waals surface area contributed by atoms with Crippen LogP contribution in [0.4, 0.5) is 10.1 Å². The molecule has 0 aliphatic carbocycles. The number of hydrogen-bond donors (Lipinski definition) is 0. The lowest BCUT2D eigenvalue weighted by Crippen LogP contribution is -1.95. The number of rotatable bonds is 3. The number of ether oxygens (including phenoxy) is 1. The van der Waals surface area contributed by atoms with Crippen LogP contribution < -0.4 is 4.74 Å². The average Bonchev–Trinajstić information content (AvgIpc) is 2.36. The quantitative estimate of drug-likeness (QED) is 0.612. The van der Waals surface area contributed by atoms with E-state index in [1.165, 1.54) is 24.4 Å². The monoisotopic (exact) mass is 346 g/mol. The lowest BCUT2D eigenvalue weighted by molar-refractivity contribution is -0.385. The van der Waals surface area contributed by atoms with E-state index in [4.69, 9.17) is 16.3 Å². The van der Waals surface area contributed by atoms with Gasteiger partial charge >= 0.3 is 5.69 Å². The number of pyridine rings is 1. The van der Waals surface area contributed by atoms with Crippen LogP contribution in [-0.2, 0) is 0 Å². The molecular formula is C11H5BrClFN2O3. The van der Waals surface area contributed by atoms with E-state index in [2.05, 4.69) is 20.9 Å². The van der Waals surface area contributed by atoms with E-state index >= 15 is 0 Å². The minimum absolute atomic E-state index is 0.00496. The fraction of sp³-hybridized carbons (Fsp3) is 0. The molecule has 1 aromatic heterocycles. The van der Waals surface area contributed by atoms with Gasteiger partial charge in [-0.15, -0.1) is 0 Å². The second kappa shape index (κ2) is 5.50. The Hall–Kier alpha value is -1.73. The molecule has 0 atom stereocenters. The molecule has 0 amide bonds. The third-order valence-corrected chi connectivity index (χ3v) is 3.02. The van der Waals surface area contributed by atoms with Gasteiger partial charge in [-0.3, -0.25) is 15.1 Å². The first-order valence-corrected chi connectivity index (χ1v) is 6.07. The van der Waals surface area contributed by atoms with Gasteiger partial charge in [0.1, 0.15) is 22.8 Å². The van der Waals surface area contributed by atoms with E-state index in [9.17, 15) is 14.5 Å². The van der Waals surface area contributed by atoms with E-state index in [0.717, 1.165) is 6.20 Å². The zero-order chi connectivity index (χ0) is 14.0. The normalized spacial score (nSPS) is 10.3. The van der Waals surface area contributed by atoms with Crippen LogP contribution in [0.1, 0.15) is 0 Å². The lowest BCUT2D eigenvalue weighted by atomic mass is 10.3. The molecule has 98 valence electrons. The van der Waals surface area contributed by atoms with E-state index in [1.54, 1.807) is 0 Å². The summed E-state index contributed by atoms with van der Waals surface area (Å²) in [5.41, 5.74) is -0.368. The largest absolute Gasteiger partial charge is 0.448 e. The fourth-order valence-corrected chi connectivity index (χ4v) is 1.85. The minimum Gasteiger partial charge on any atom is -0.448 e. The maximum atomic E-state index is 13.1. The number of benzene rings is 1. The Bertz CT molecular complexity index is 654. The van der Waals surface area contributed by atoms with Crippen LogP contribution in [0.5, 0.6) is 11.5 Å². The molecule has 0 bridgehead atoms. The van der Waals surface area contributed by atoms with Crippen LogP contribution in [0.2, 0.25) is 5.02 Å². The second-order valence-corrected chi connectivity index (χ2v) is 4.67. The molecule has 0 aliphatic heterocycles. The Labute approximate surface area is 120 Å². The summed E-state index contributed by atoms with van der Waals surface area (Å²) in [6.07, 6.45) is 2.25. The summed E-state index contributed by atoms with van der Waals surface area (Å²) in [6, 6.07) is 3.84. The number of aromatic nitrogens is 1. The Morgan fingerprint density at radius 1 is 1.42 bits per heavy atom. The van der Waals surface area contributed by atoms with Gasteiger partial charge in [-0.05, 0) is 34.1 Å². The fourth-order valence-electron chi connectivity index (χ4n) is 1.30. The summed E-state index contributed by atoms with van der Waals surface area (Å²) in [7, 11) is 0. The van der Waals surface area contributed by atoms with Crippen LogP contribution >= 0.6 is 27.5 Å². The predicted octanol–water partition coefficient (Wildman–Crippen LogP) is 4.34. The van der Waals surface area contributed by atoms with Gasteiger partial charge in [0.25, 0.3) is 0 Å². The summed E-state index contributed by atoms with van der Waals surface area (Å²) in [4.78, 5) is 13.8. The van der Waals surface area contributed by atoms with Crippen LogP contribution in [0, 0.1) is 15.9 Å². The molecule has 0 N–H and O–H groups in total. The van der Waals surface area contributed by atoms with Gasteiger partial charge in [0.2, 0.25) is 5.75 Å². The van der Waals surface area contributed by atoms with Crippen LogP contribution in [0.3, 0.4) is 0 Å². The van der Waals surface area contributed by atoms with E-state index in [-0.39, 0.29) is 26.7 Å². The number of nitro groups is 1. The van der Waals surface area contributed by atoms with Gasteiger partial charge in [-0.25, -0.2) is 4.39 Å². The predicted molar refractivity (Wildman–Crippen MR) is 70.1 cm³/mol. The molecule has 0 aliphatic rings. The van der Waals surface area contributed by atoms with Crippen molar-refractivity contribution in [2.75, 3.05) is 0 Å². The first-order chi connectivity index (χ1) is 8.99. The Morgan fingerprint density at radius 3 is 2.79 bits per heavy atom. The van der Waals surface area contributed by atoms with Gasteiger partial charge in [0.15, 0.2) is 0 Å². The summed E-state index contributed by atoms with van der Waals surface area (Å²) in [5, 5.41) is 10.8. The highest BCUT2D eigenvalue weighted by atomic mass is 79.9. The standard InChI is InChI=1S/C11H5BrClFN2O3/c12-7-3-6(1-2-9(7)14)19-11-8(13)4-15-5-10(11)16(17)18/h1-5H. The Balaban J connectivity index is 2.42. The number of halogens is 3. The highest BCUT2D eigenvalue weighted by Gasteiger charge is 2.20. The van der Waals surface area contributed by atoms with Crippen molar-refractivity contribution in [3.8, 4) is 11.5 Å². The van der Waals surface area contributed by atoms with Gasteiger partial charge in [0.05, 0.1) is 9.40 Å². The van der Waals surface area contributed by atoms with Gasteiger partial charge in [-0.2, -0.15) is 0 Å². The molecule has 0 unspecified atom stereocenters. The molecule has 0 saturated carbocycles. The summed E-state index contributed by atoms with van der Waals surface area (Å²) in [5.74, 6) is -0.396. The van der Waals surface area contributed by atoms with Crippen molar-refractivity contribution in [3.05, 3.63) is 56.0 Å². The zero-order valence-electron chi connectivity index (χ0n) is 9.14. The van der Waals surface area contributed by atoms with Gasteiger partial charge in [-0.1, -0.05) is 11.6 Å². The van der Waals surface area contributed by atoms with E-state index in [1.807, 2.05) is 0 Å². The Morgan fingerprint density at radius 2 is 2.16 bits per heavy atom. The molecule has 0 radical (unpaired) electrons. The number of nitrogens with zero attached hydrogens (tertiary/aromatic N) is 2.